The minimum Gasteiger partial charge on any atom is -0.387 e. The molecule has 0 aromatic heterocycles. The van der Waals surface area contributed by atoms with Gasteiger partial charge in [-0.05, 0) is 12.1 Å². The first-order valence-electron chi connectivity index (χ1n) is 3.34. The van der Waals surface area contributed by atoms with Gasteiger partial charge in [-0.1, -0.05) is 29.3 Å². The van der Waals surface area contributed by atoms with Gasteiger partial charge in [-0.3, -0.25) is 0 Å². The van der Waals surface area contributed by atoms with Gasteiger partial charge in [0, 0.05) is 15.6 Å². The lowest BCUT2D eigenvalue weighted by molar-refractivity contribution is 0.203. The van der Waals surface area contributed by atoms with Crippen LogP contribution in [0.1, 0.15) is 11.7 Å². The first-order valence-corrected chi connectivity index (χ1v) is 4.63. The van der Waals surface area contributed by atoms with Gasteiger partial charge in [0.05, 0.1) is 12.0 Å². The summed E-state index contributed by atoms with van der Waals surface area (Å²) < 4.78 is 0. The molecule has 1 unspecified atom stereocenters. The average molecular weight is 226 g/mol. The molecule has 1 aromatic carbocycles. The second-order valence-electron chi connectivity index (χ2n) is 2.31. The van der Waals surface area contributed by atoms with Crippen molar-refractivity contribution in [2.45, 2.75) is 6.10 Å². The molecular weight excluding hydrogens is 218 g/mol. The van der Waals surface area contributed by atoms with Crippen LogP contribution in [0.2, 0.25) is 10.0 Å². The third kappa shape index (κ3) is 2.05. The van der Waals surface area contributed by atoms with Crippen LogP contribution >= 0.6 is 34.8 Å². The molecule has 12 heavy (non-hydrogen) atoms. The van der Waals surface area contributed by atoms with E-state index in [1.807, 2.05) is 0 Å². The zero-order chi connectivity index (χ0) is 9.14. The summed E-state index contributed by atoms with van der Waals surface area (Å²) in [6, 6.07) is 5.05. The van der Waals surface area contributed by atoms with Crippen LogP contribution in [-0.2, 0) is 0 Å². The summed E-state index contributed by atoms with van der Waals surface area (Å²) in [7, 11) is 0. The molecule has 0 saturated heterocycles. The summed E-state index contributed by atoms with van der Waals surface area (Å²) in [5.41, 5.74) is 0.496. The highest BCUT2D eigenvalue weighted by atomic mass is 35.5. The largest absolute Gasteiger partial charge is 0.387 e. The van der Waals surface area contributed by atoms with E-state index in [0.717, 1.165) is 0 Å². The fraction of sp³-hybridized carbons (Fsp3) is 0.250. The Morgan fingerprint density at radius 1 is 1.25 bits per heavy atom. The van der Waals surface area contributed by atoms with Crippen molar-refractivity contribution in [1.82, 2.24) is 0 Å². The van der Waals surface area contributed by atoms with Gasteiger partial charge in [0.25, 0.3) is 0 Å². The third-order valence-corrected chi connectivity index (χ3v) is 2.43. The standard InChI is InChI=1S/C8H7Cl3O/c9-4-7(12)8-5(10)2-1-3-6(8)11/h1-3,7,12H,4H2. The molecule has 0 saturated carbocycles. The molecule has 0 aliphatic heterocycles. The average Bonchev–Trinajstić information content (AvgIpc) is 2.03. The maximum absolute atomic E-state index is 9.39. The Kier molecular flexibility index (Phi) is 3.66. The minimum atomic E-state index is -0.798. The van der Waals surface area contributed by atoms with Crippen molar-refractivity contribution >= 4 is 34.8 Å². The van der Waals surface area contributed by atoms with Crippen molar-refractivity contribution in [3.63, 3.8) is 0 Å². The number of halogens is 3. The normalized spacial score (nSPS) is 13.0. The Labute approximate surface area is 85.9 Å². The molecule has 0 amide bonds. The van der Waals surface area contributed by atoms with E-state index < -0.39 is 6.10 Å². The van der Waals surface area contributed by atoms with E-state index in [2.05, 4.69) is 0 Å². The van der Waals surface area contributed by atoms with Crippen LogP contribution in [0.15, 0.2) is 18.2 Å². The van der Waals surface area contributed by atoms with Gasteiger partial charge in [-0.15, -0.1) is 11.6 Å². The summed E-state index contributed by atoms with van der Waals surface area (Å²) in [6.07, 6.45) is -0.798. The van der Waals surface area contributed by atoms with Gasteiger partial charge in [0.1, 0.15) is 0 Å². The molecular formula is C8H7Cl3O. The molecule has 1 nitrogen and oxygen atoms in total. The van der Waals surface area contributed by atoms with Crippen molar-refractivity contribution < 1.29 is 5.11 Å². The Hall–Kier alpha value is 0.0500. The van der Waals surface area contributed by atoms with Gasteiger partial charge >= 0.3 is 0 Å². The molecule has 1 atom stereocenters. The number of rotatable bonds is 2. The maximum Gasteiger partial charge on any atom is 0.0954 e. The third-order valence-electron chi connectivity index (χ3n) is 1.48. The molecule has 0 radical (unpaired) electrons. The first kappa shape index (κ1) is 10.1. The highest BCUT2D eigenvalue weighted by molar-refractivity contribution is 6.36. The number of benzene rings is 1. The van der Waals surface area contributed by atoms with E-state index in [1.54, 1.807) is 18.2 Å². The van der Waals surface area contributed by atoms with Gasteiger partial charge in [-0.25, -0.2) is 0 Å². The molecule has 0 aliphatic rings. The van der Waals surface area contributed by atoms with Crippen molar-refractivity contribution in [2.75, 3.05) is 5.88 Å². The molecule has 0 bridgehead atoms. The summed E-state index contributed by atoms with van der Waals surface area (Å²) in [5.74, 6) is 0.0868. The van der Waals surface area contributed by atoms with Crippen molar-refractivity contribution in [3.8, 4) is 0 Å². The second kappa shape index (κ2) is 4.33. The van der Waals surface area contributed by atoms with Crippen molar-refractivity contribution in [1.29, 1.82) is 0 Å². The van der Waals surface area contributed by atoms with Crippen LogP contribution in [0.3, 0.4) is 0 Å². The number of aliphatic hydroxyl groups excluding tert-OH is 1. The molecule has 4 heteroatoms. The van der Waals surface area contributed by atoms with E-state index in [4.69, 9.17) is 34.8 Å². The van der Waals surface area contributed by atoms with Crippen LogP contribution in [-0.4, -0.2) is 11.0 Å². The lowest BCUT2D eigenvalue weighted by Crippen LogP contribution is -2.00. The number of hydrogen-bond donors (Lipinski definition) is 1. The molecule has 1 N–H and O–H groups in total. The number of alkyl halides is 1. The highest BCUT2D eigenvalue weighted by Crippen LogP contribution is 2.30. The molecule has 0 heterocycles. The van der Waals surface area contributed by atoms with Gasteiger partial charge in [-0.2, -0.15) is 0 Å². The Morgan fingerprint density at radius 3 is 2.17 bits per heavy atom. The zero-order valence-electron chi connectivity index (χ0n) is 6.10. The number of hydrogen-bond acceptors (Lipinski definition) is 1. The lowest BCUT2D eigenvalue weighted by Gasteiger charge is -2.10. The molecule has 0 fully saturated rings. The van der Waals surface area contributed by atoms with Gasteiger partial charge < -0.3 is 5.11 Å². The zero-order valence-corrected chi connectivity index (χ0v) is 8.37. The van der Waals surface area contributed by atoms with Crippen LogP contribution in [0.4, 0.5) is 0 Å². The van der Waals surface area contributed by atoms with Crippen LogP contribution < -0.4 is 0 Å². The molecule has 0 spiro atoms. The van der Waals surface area contributed by atoms with E-state index in [0.29, 0.717) is 15.6 Å². The summed E-state index contributed by atoms with van der Waals surface area (Å²) >= 11 is 17.1. The molecule has 66 valence electrons. The topological polar surface area (TPSA) is 20.2 Å². The lowest BCUT2D eigenvalue weighted by atomic mass is 10.1. The Balaban J connectivity index is 3.12. The van der Waals surface area contributed by atoms with Crippen LogP contribution in [0.5, 0.6) is 0 Å². The van der Waals surface area contributed by atoms with Gasteiger partial charge in [0.15, 0.2) is 0 Å². The molecule has 1 rings (SSSR count). The fourth-order valence-corrected chi connectivity index (χ4v) is 1.71. The first-order chi connectivity index (χ1) is 5.66. The van der Waals surface area contributed by atoms with E-state index in [1.165, 1.54) is 0 Å². The van der Waals surface area contributed by atoms with E-state index >= 15 is 0 Å². The van der Waals surface area contributed by atoms with Crippen LogP contribution in [0.25, 0.3) is 0 Å². The van der Waals surface area contributed by atoms with E-state index in [9.17, 15) is 5.11 Å². The second-order valence-corrected chi connectivity index (χ2v) is 3.43. The quantitative estimate of drug-likeness (QED) is 0.766. The van der Waals surface area contributed by atoms with Crippen molar-refractivity contribution in [3.05, 3.63) is 33.8 Å². The monoisotopic (exact) mass is 224 g/mol. The summed E-state index contributed by atoms with van der Waals surface area (Å²) in [4.78, 5) is 0. The summed E-state index contributed by atoms with van der Waals surface area (Å²) in [5, 5.41) is 10.3. The Morgan fingerprint density at radius 2 is 1.75 bits per heavy atom. The smallest absolute Gasteiger partial charge is 0.0954 e. The fourth-order valence-electron chi connectivity index (χ4n) is 0.906. The van der Waals surface area contributed by atoms with Crippen LogP contribution in [0, 0.1) is 0 Å². The highest BCUT2D eigenvalue weighted by Gasteiger charge is 2.13. The summed E-state index contributed by atoms with van der Waals surface area (Å²) in [6.45, 7) is 0. The van der Waals surface area contributed by atoms with E-state index in [-0.39, 0.29) is 5.88 Å². The minimum absolute atomic E-state index is 0.0868. The number of aliphatic hydroxyl groups is 1. The maximum atomic E-state index is 9.39. The molecule has 1 aromatic rings. The van der Waals surface area contributed by atoms with Crippen molar-refractivity contribution in [2.24, 2.45) is 0 Å². The molecule has 0 aliphatic carbocycles. The predicted molar refractivity (Wildman–Crippen MR) is 52.1 cm³/mol. The Bertz CT molecular complexity index is 255. The van der Waals surface area contributed by atoms with Gasteiger partial charge in [0.2, 0.25) is 0 Å². The predicted octanol–water partition coefficient (Wildman–Crippen LogP) is 3.27. The SMILES string of the molecule is OC(CCl)c1c(Cl)cccc1Cl.